The summed E-state index contributed by atoms with van der Waals surface area (Å²) in [7, 11) is 0. The van der Waals surface area contributed by atoms with Crippen molar-refractivity contribution in [2.45, 2.75) is 17.1 Å². The molecule has 10 heteroatoms. The highest BCUT2D eigenvalue weighted by Gasteiger charge is 2.23. The third-order valence-electron chi connectivity index (χ3n) is 6.06. The topological polar surface area (TPSA) is 80.3 Å². The van der Waals surface area contributed by atoms with Gasteiger partial charge in [-0.1, -0.05) is 59.6 Å². The van der Waals surface area contributed by atoms with Crippen LogP contribution >= 0.6 is 46.3 Å². The van der Waals surface area contributed by atoms with Crippen molar-refractivity contribution in [2.75, 3.05) is 17.2 Å². The highest BCUT2D eigenvalue weighted by atomic mass is 35.5. The zero-order valence-corrected chi connectivity index (χ0v) is 25.5. The molecule has 1 aromatic heterocycles. The normalized spacial score (nSPS) is 11.5. The number of aromatic nitrogens is 1. The number of hydrogen-bond donors (Lipinski definition) is 2. The third-order valence-corrected chi connectivity index (χ3v) is 8.61. The number of benzene rings is 4. The van der Waals surface area contributed by atoms with Crippen LogP contribution in [-0.4, -0.2) is 23.4 Å². The Morgan fingerprint density at radius 2 is 1.71 bits per heavy atom. The third kappa shape index (κ3) is 7.52. The van der Waals surface area contributed by atoms with Crippen LogP contribution in [0.5, 0.6) is 5.75 Å². The largest absolute Gasteiger partial charge is 0.494 e. The van der Waals surface area contributed by atoms with Crippen LogP contribution in [0.15, 0.2) is 107 Å². The predicted octanol–water partition coefficient (Wildman–Crippen LogP) is 9.24. The van der Waals surface area contributed by atoms with Crippen molar-refractivity contribution >= 4 is 68.9 Å². The maximum atomic E-state index is 13.6. The van der Waals surface area contributed by atoms with Crippen molar-refractivity contribution in [3.05, 3.63) is 124 Å². The zero-order chi connectivity index (χ0) is 29.5. The van der Waals surface area contributed by atoms with Gasteiger partial charge in [-0.05, 0) is 73.2 Å². The van der Waals surface area contributed by atoms with E-state index in [1.54, 1.807) is 18.2 Å². The Labute approximate surface area is 262 Å². The molecule has 0 bridgehead atoms. The van der Waals surface area contributed by atoms with Crippen molar-refractivity contribution in [3.8, 4) is 17.0 Å². The van der Waals surface area contributed by atoms with Crippen LogP contribution in [0, 0.1) is 0 Å². The quantitative estimate of drug-likeness (QED) is 0.150. The fourth-order valence-electron chi connectivity index (χ4n) is 4.08. The van der Waals surface area contributed by atoms with Crippen molar-refractivity contribution in [1.29, 1.82) is 0 Å². The van der Waals surface area contributed by atoms with Gasteiger partial charge in [0, 0.05) is 26.5 Å². The summed E-state index contributed by atoms with van der Waals surface area (Å²) in [6, 6.07) is 29.3. The molecule has 1 unspecified atom stereocenters. The van der Waals surface area contributed by atoms with Crippen molar-refractivity contribution in [1.82, 2.24) is 4.98 Å². The van der Waals surface area contributed by atoms with Gasteiger partial charge in [0.2, 0.25) is 5.91 Å². The van der Waals surface area contributed by atoms with Gasteiger partial charge < -0.3 is 15.4 Å². The zero-order valence-electron chi connectivity index (χ0n) is 22.3. The summed E-state index contributed by atoms with van der Waals surface area (Å²) in [5.74, 6) is 0.231. The second-order valence-electron chi connectivity index (χ2n) is 9.00. The number of hydrogen-bond acceptors (Lipinski definition) is 6. The molecule has 42 heavy (non-hydrogen) atoms. The van der Waals surface area contributed by atoms with Crippen LogP contribution in [0.3, 0.4) is 0 Å². The minimum atomic E-state index is -0.569. The number of nitrogens with zero attached hydrogens (tertiary/aromatic N) is 1. The number of nitrogens with one attached hydrogen (secondary N) is 2. The predicted molar refractivity (Wildman–Crippen MR) is 173 cm³/mol. The van der Waals surface area contributed by atoms with Crippen molar-refractivity contribution < 1.29 is 14.3 Å². The Morgan fingerprint density at radius 3 is 2.45 bits per heavy atom. The van der Waals surface area contributed by atoms with Gasteiger partial charge in [0.1, 0.15) is 11.0 Å². The monoisotopic (exact) mass is 633 g/mol. The summed E-state index contributed by atoms with van der Waals surface area (Å²) in [6.07, 6.45) is 0. The molecule has 0 aliphatic carbocycles. The molecule has 0 radical (unpaired) electrons. The average molecular weight is 635 g/mol. The van der Waals surface area contributed by atoms with E-state index in [-0.39, 0.29) is 16.8 Å². The summed E-state index contributed by atoms with van der Waals surface area (Å²) in [4.78, 5) is 31.9. The lowest BCUT2D eigenvalue weighted by Gasteiger charge is -2.17. The summed E-state index contributed by atoms with van der Waals surface area (Å²) in [5.41, 5.74) is 3.43. The number of halogens is 2. The van der Waals surface area contributed by atoms with E-state index in [2.05, 4.69) is 15.6 Å². The van der Waals surface area contributed by atoms with E-state index < -0.39 is 5.25 Å². The fourth-order valence-corrected chi connectivity index (χ4v) is 6.38. The van der Waals surface area contributed by atoms with E-state index in [4.69, 9.17) is 27.9 Å². The first kappa shape index (κ1) is 29.7. The minimum absolute atomic E-state index is 0.207. The van der Waals surface area contributed by atoms with E-state index in [0.29, 0.717) is 28.0 Å². The van der Waals surface area contributed by atoms with E-state index in [0.717, 1.165) is 27.5 Å². The first-order valence-corrected chi connectivity index (χ1v) is 15.5. The number of thioether (sulfide) groups is 1. The Morgan fingerprint density at radius 1 is 0.929 bits per heavy atom. The summed E-state index contributed by atoms with van der Waals surface area (Å²) >= 11 is 14.9. The number of rotatable bonds is 10. The molecule has 1 atom stereocenters. The number of anilines is 2. The molecule has 5 aromatic rings. The smallest absolute Gasteiger partial charge is 0.257 e. The number of carbonyl (C=O) groups is 2. The van der Waals surface area contributed by atoms with Gasteiger partial charge in [-0.2, -0.15) is 0 Å². The van der Waals surface area contributed by atoms with Gasteiger partial charge in [0.15, 0.2) is 5.13 Å². The second kappa shape index (κ2) is 13.9. The van der Waals surface area contributed by atoms with Crippen LogP contribution in [0.2, 0.25) is 10.0 Å². The number of thiazole rings is 1. The van der Waals surface area contributed by atoms with Crippen molar-refractivity contribution in [2.24, 2.45) is 0 Å². The first-order valence-electron chi connectivity index (χ1n) is 13.0. The highest BCUT2D eigenvalue weighted by molar-refractivity contribution is 8.00. The Hall–Kier alpha value is -3.82. The van der Waals surface area contributed by atoms with Crippen molar-refractivity contribution in [3.63, 3.8) is 0 Å². The van der Waals surface area contributed by atoms with Gasteiger partial charge in [-0.15, -0.1) is 23.1 Å². The maximum absolute atomic E-state index is 13.6. The van der Waals surface area contributed by atoms with Crippen LogP contribution in [-0.2, 0) is 4.79 Å². The molecule has 0 saturated heterocycles. The Bertz CT molecular complexity index is 1700. The SMILES string of the molecule is CCOc1ccc(-c2csc(NC(=O)C(Sc3cccc(NC(=O)c4ccc(Cl)cc4Cl)c3)c3ccccc3)n2)cc1. The number of carbonyl (C=O) groups excluding carboxylic acids is 2. The molecule has 6 nitrogen and oxygen atoms in total. The van der Waals surface area contributed by atoms with E-state index in [9.17, 15) is 9.59 Å². The number of amides is 2. The van der Waals surface area contributed by atoms with Gasteiger partial charge in [0.05, 0.1) is 22.9 Å². The van der Waals surface area contributed by atoms with Gasteiger partial charge in [-0.3, -0.25) is 9.59 Å². The standard InChI is InChI=1S/C32H25Cl2N3O3S2/c1-2-40-24-14-11-20(12-15-24)28-19-41-32(36-28)37-31(39)29(21-7-4-3-5-8-21)42-25-10-6-9-23(18-25)35-30(38)26-16-13-22(33)17-27(26)34/h3-19,29H,2H2,1H3,(H,35,38)(H,36,37,39). The average Bonchev–Trinajstić information content (AvgIpc) is 3.45. The van der Waals surface area contributed by atoms with Crippen LogP contribution in [0.1, 0.15) is 28.1 Å². The molecule has 1 heterocycles. The molecule has 2 amide bonds. The summed E-state index contributed by atoms with van der Waals surface area (Å²) in [6.45, 7) is 2.54. The molecule has 0 aliphatic heterocycles. The molecule has 5 rings (SSSR count). The summed E-state index contributed by atoms with van der Waals surface area (Å²) < 4.78 is 5.52. The summed E-state index contributed by atoms with van der Waals surface area (Å²) in [5, 5.41) is 8.42. The van der Waals surface area contributed by atoms with Gasteiger partial charge in [0.25, 0.3) is 5.91 Å². The fraction of sp³-hybridized carbons (Fsp3) is 0.0938. The molecule has 2 N–H and O–H groups in total. The molecule has 0 fully saturated rings. The molecule has 4 aromatic carbocycles. The lowest BCUT2D eigenvalue weighted by Crippen LogP contribution is -2.19. The molecular weight excluding hydrogens is 609 g/mol. The van der Waals surface area contributed by atoms with Gasteiger partial charge >= 0.3 is 0 Å². The number of ether oxygens (including phenoxy) is 1. The molecule has 212 valence electrons. The second-order valence-corrected chi connectivity index (χ2v) is 11.9. The Kier molecular flexibility index (Phi) is 9.81. The van der Waals surface area contributed by atoms with Crippen LogP contribution in [0.25, 0.3) is 11.3 Å². The molecule has 0 saturated carbocycles. The van der Waals surface area contributed by atoms with Crippen LogP contribution in [0.4, 0.5) is 10.8 Å². The van der Waals surface area contributed by atoms with Crippen LogP contribution < -0.4 is 15.4 Å². The lowest BCUT2D eigenvalue weighted by molar-refractivity contribution is -0.115. The van der Waals surface area contributed by atoms with Gasteiger partial charge in [-0.25, -0.2) is 4.98 Å². The first-order chi connectivity index (χ1) is 20.4. The molecule has 0 aliphatic rings. The molecule has 0 spiro atoms. The molecular formula is C32H25Cl2N3O3S2. The maximum Gasteiger partial charge on any atom is 0.257 e. The van der Waals surface area contributed by atoms with E-state index in [1.807, 2.05) is 85.1 Å². The van der Waals surface area contributed by atoms with E-state index in [1.165, 1.54) is 29.2 Å². The minimum Gasteiger partial charge on any atom is -0.494 e. The van der Waals surface area contributed by atoms with E-state index >= 15 is 0 Å². The Balaban J connectivity index is 1.32. The lowest BCUT2D eigenvalue weighted by atomic mass is 10.1. The highest BCUT2D eigenvalue weighted by Crippen LogP contribution is 2.38.